The first-order valence-electron chi connectivity index (χ1n) is 8.69. The summed E-state index contributed by atoms with van der Waals surface area (Å²) >= 11 is 1.20. The van der Waals surface area contributed by atoms with E-state index in [1.165, 1.54) is 46.9 Å². The van der Waals surface area contributed by atoms with E-state index < -0.39 is 35.4 Å². The SMILES string of the molecule is CCCn1ccnc1C(F)(F)C(=O)N1CSC[C@H]1C(=O)Nc1cccc(F)c1. The molecule has 28 heavy (non-hydrogen) atoms. The van der Waals surface area contributed by atoms with Gasteiger partial charge in [-0.25, -0.2) is 9.37 Å². The fourth-order valence-electron chi connectivity index (χ4n) is 2.94. The largest absolute Gasteiger partial charge is 0.381 e. The van der Waals surface area contributed by atoms with Crippen molar-refractivity contribution in [2.45, 2.75) is 31.9 Å². The molecule has 2 heterocycles. The Morgan fingerprint density at radius 2 is 2.18 bits per heavy atom. The number of carbonyl (C=O) groups excluding carboxylic acids is 2. The molecule has 1 atom stereocenters. The molecule has 1 aromatic heterocycles. The number of hydrogen-bond acceptors (Lipinski definition) is 4. The normalized spacial score (nSPS) is 17.0. The van der Waals surface area contributed by atoms with Crippen molar-refractivity contribution in [3.05, 3.63) is 48.3 Å². The van der Waals surface area contributed by atoms with Crippen LogP contribution in [0.4, 0.5) is 18.9 Å². The molecule has 0 radical (unpaired) electrons. The molecule has 0 unspecified atom stereocenters. The van der Waals surface area contributed by atoms with Crippen LogP contribution >= 0.6 is 11.8 Å². The summed E-state index contributed by atoms with van der Waals surface area (Å²) in [6.45, 7) is 2.13. The smallest absolute Gasteiger partial charge is 0.329 e. The van der Waals surface area contributed by atoms with E-state index in [9.17, 15) is 22.8 Å². The molecule has 3 rings (SSSR count). The maximum Gasteiger partial charge on any atom is 0.381 e. The molecular formula is C18H19F3N4O2S. The first-order chi connectivity index (χ1) is 13.3. The zero-order valence-corrected chi connectivity index (χ0v) is 15.9. The average molecular weight is 412 g/mol. The predicted octanol–water partition coefficient (Wildman–Crippen LogP) is 3.06. The molecule has 1 aliphatic rings. The molecule has 1 aliphatic heterocycles. The Morgan fingerprint density at radius 3 is 2.89 bits per heavy atom. The maximum atomic E-state index is 14.9. The highest BCUT2D eigenvalue weighted by Gasteiger charge is 2.51. The van der Waals surface area contributed by atoms with E-state index in [1.54, 1.807) is 0 Å². The predicted molar refractivity (Wildman–Crippen MR) is 99.4 cm³/mol. The second-order valence-electron chi connectivity index (χ2n) is 6.31. The molecule has 1 aromatic carbocycles. The standard InChI is InChI=1S/C18H19F3N4O2S/c1-2-7-24-8-6-22-16(24)18(20,21)17(27)25-11-28-10-14(25)15(26)23-13-5-3-4-12(19)9-13/h3-6,8-9,14H,2,7,10-11H2,1H3,(H,23,26)/t14-/m0/s1. The maximum absolute atomic E-state index is 14.9. The summed E-state index contributed by atoms with van der Waals surface area (Å²) in [4.78, 5) is 29.6. The lowest BCUT2D eigenvalue weighted by Crippen LogP contribution is -2.50. The highest BCUT2D eigenvalue weighted by Crippen LogP contribution is 2.33. The number of nitrogens with zero attached hydrogens (tertiary/aromatic N) is 3. The topological polar surface area (TPSA) is 67.2 Å². The van der Waals surface area contributed by atoms with Gasteiger partial charge in [0.25, 0.3) is 0 Å². The molecule has 0 bridgehead atoms. The van der Waals surface area contributed by atoms with Crippen LogP contribution in [0, 0.1) is 5.82 Å². The third kappa shape index (κ3) is 4.01. The third-order valence-electron chi connectivity index (χ3n) is 4.27. The van der Waals surface area contributed by atoms with Gasteiger partial charge in [0, 0.05) is 30.4 Å². The highest BCUT2D eigenvalue weighted by molar-refractivity contribution is 7.99. The van der Waals surface area contributed by atoms with E-state index in [2.05, 4.69) is 10.3 Å². The van der Waals surface area contributed by atoms with Crippen LogP contribution in [0.2, 0.25) is 0 Å². The van der Waals surface area contributed by atoms with E-state index in [0.717, 1.165) is 11.0 Å². The number of aromatic nitrogens is 2. The number of thioether (sulfide) groups is 1. The first kappa shape index (κ1) is 20.2. The van der Waals surface area contributed by atoms with Gasteiger partial charge in [-0.2, -0.15) is 8.78 Å². The minimum absolute atomic E-state index is 0.0376. The Hall–Kier alpha value is -2.49. The van der Waals surface area contributed by atoms with E-state index in [-0.39, 0.29) is 17.3 Å². The molecule has 1 fully saturated rings. The van der Waals surface area contributed by atoms with Gasteiger partial charge < -0.3 is 14.8 Å². The van der Waals surface area contributed by atoms with Crippen molar-refractivity contribution in [3.63, 3.8) is 0 Å². The first-order valence-corrected chi connectivity index (χ1v) is 9.84. The van der Waals surface area contributed by atoms with Crippen LogP contribution in [0.15, 0.2) is 36.7 Å². The van der Waals surface area contributed by atoms with Crippen LogP contribution in [0.5, 0.6) is 0 Å². The molecule has 0 spiro atoms. The molecule has 2 aromatic rings. The van der Waals surface area contributed by atoms with Crippen LogP contribution < -0.4 is 5.32 Å². The van der Waals surface area contributed by atoms with Crippen LogP contribution in [-0.4, -0.2) is 43.9 Å². The van der Waals surface area contributed by atoms with Gasteiger partial charge in [-0.15, -0.1) is 11.8 Å². The number of alkyl halides is 2. The number of hydrogen-bond donors (Lipinski definition) is 1. The molecule has 10 heteroatoms. The molecule has 0 saturated carbocycles. The summed E-state index contributed by atoms with van der Waals surface area (Å²) in [5.41, 5.74) is 0.194. The van der Waals surface area contributed by atoms with Crippen LogP contribution in [-0.2, 0) is 22.1 Å². The Bertz CT molecular complexity index is 874. The van der Waals surface area contributed by atoms with Crippen molar-refractivity contribution in [2.75, 3.05) is 16.9 Å². The number of nitrogens with one attached hydrogen (secondary N) is 1. The van der Waals surface area contributed by atoms with Gasteiger partial charge >= 0.3 is 11.8 Å². The summed E-state index contributed by atoms with van der Waals surface area (Å²) < 4.78 is 44.3. The summed E-state index contributed by atoms with van der Waals surface area (Å²) in [7, 11) is 0. The Kier molecular flexibility index (Phi) is 5.97. The second-order valence-corrected chi connectivity index (χ2v) is 7.31. The van der Waals surface area contributed by atoms with Gasteiger partial charge in [0.1, 0.15) is 11.9 Å². The van der Waals surface area contributed by atoms with Gasteiger partial charge in [-0.1, -0.05) is 13.0 Å². The number of aryl methyl sites for hydroxylation is 1. The van der Waals surface area contributed by atoms with Crippen LogP contribution in [0.3, 0.4) is 0 Å². The number of carbonyl (C=O) groups is 2. The van der Waals surface area contributed by atoms with Gasteiger partial charge in [0.2, 0.25) is 5.91 Å². The molecule has 2 amide bonds. The monoisotopic (exact) mass is 412 g/mol. The van der Waals surface area contributed by atoms with Gasteiger partial charge in [-0.05, 0) is 24.6 Å². The van der Waals surface area contributed by atoms with E-state index in [4.69, 9.17) is 0 Å². The van der Waals surface area contributed by atoms with Gasteiger partial charge in [0.05, 0.1) is 5.88 Å². The lowest BCUT2D eigenvalue weighted by atomic mass is 10.2. The van der Waals surface area contributed by atoms with Crippen molar-refractivity contribution < 1.29 is 22.8 Å². The molecule has 1 saturated heterocycles. The number of anilines is 1. The van der Waals surface area contributed by atoms with E-state index in [1.807, 2.05) is 6.92 Å². The van der Waals surface area contributed by atoms with Crippen molar-refractivity contribution in [1.29, 1.82) is 0 Å². The van der Waals surface area contributed by atoms with Gasteiger partial charge in [-0.3, -0.25) is 9.59 Å². The second kappa shape index (κ2) is 8.26. The minimum atomic E-state index is -3.86. The average Bonchev–Trinajstić information content (AvgIpc) is 3.31. The van der Waals surface area contributed by atoms with Gasteiger partial charge in [0.15, 0.2) is 5.82 Å². The van der Waals surface area contributed by atoms with Crippen LogP contribution in [0.1, 0.15) is 19.2 Å². The molecule has 6 nitrogen and oxygen atoms in total. The van der Waals surface area contributed by atoms with Crippen LogP contribution in [0.25, 0.3) is 0 Å². The van der Waals surface area contributed by atoms with Crippen molar-refractivity contribution in [3.8, 4) is 0 Å². The van der Waals surface area contributed by atoms with Crippen molar-refractivity contribution in [1.82, 2.24) is 14.5 Å². The fraction of sp³-hybridized carbons (Fsp3) is 0.389. The summed E-state index contributed by atoms with van der Waals surface area (Å²) in [6.07, 6.45) is 3.22. The fourth-order valence-corrected chi connectivity index (χ4v) is 4.09. The molecule has 150 valence electrons. The molecule has 0 aliphatic carbocycles. The molecule has 1 N–H and O–H groups in total. The summed E-state index contributed by atoms with van der Waals surface area (Å²) in [5, 5.41) is 2.48. The van der Waals surface area contributed by atoms with Crippen molar-refractivity contribution >= 4 is 29.3 Å². The lowest BCUT2D eigenvalue weighted by molar-refractivity contribution is -0.162. The lowest BCUT2D eigenvalue weighted by Gasteiger charge is -2.27. The third-order valence-corrected chi connectivity index (χ3v) is 5.28. The number of imidazole rings is 1. The summed E-state index contributed by atoms with van der Waals surface area (Å²) in [5.74, 6) is -7.02. The Labute approximate surface area is 164 Å². The zero-order chi connectivity index (χ0) is 20.3. The van der Waals surface area contributed by atoms with E-state index in [0.29, 0.717) is 13.0 Å². The summed E-state index contributed by atoms with van der Waals surface area (Å²) in [6, 6.07) is 4.14. The Morgan fingerprint density at radius 1 is 1.39 bits per heavy atom. The molecular weight excluding hydrogens is 393 g/mol. The quantitative estimate of drug-likeness (QED) is 0.792. The van der Waals surface area contributed by atoms with E-state index >= 15 is 0 Å². The number of rotatable bonds is 6. The zero-order valence-electron chi connectivity index (χ0n) is 15.1. The number of amides is 2. The Balaban J connectivity index is 1.78. The van der Waals surface area contributed by atoms with Crippen molar-refractivity contribution in [2.24, 2.45) is 0 Å². The number of benzene rings is 1. The minimum Gasteiger partial charge on any atom is -0.329 e. The highest BCUT2D eigenvalue weighted by atomic mass is 32.2. The number of halogens is 3.